The van der Waals surface area contributed by atoms with Gasteiger partial charge in [0.2, 0.25) is 5.88 Å². The summed E-state index contributed by atoms with van der Waals surface area (Å²) in [5.74, 6) is 0.568. The van der Waals surface area contributed by atoms with Crippen LogP contribution in [0.2, 0.25) is 0 Å². The predicted octanol–water partition coefficient (Wildman–Crippen LogP) is 2.65. The summed E-state index contributed by atoms with van der Waals surface area (Å²) in [6.45, 7) is 2.17. The van der Waals surface area contributed by atoms with Crippen molar-refractivity contribution in [2.45, 2.75) is 0 Å². The highest BCUT2D eigenvalue weighted by molar-refractivity contribution is 9.11. The van der Waals surface area contributed by atoms with Crippen molar-refractivity contribution in [3.8, 4) is 5.88 Å². The number of rotatable bonds is 7. The van der Waals surface area contributed by atoms with Gasteiger partial charge in [0, 0.05) is 17.8 Å². The molecule has 1 rings (SSSR count). The van der Waals surface area contributed by atoms with Crippen LogP contribution in [0.3, 0.4) is 0 Å². The second-order valence-electron chi connectivity index (χ2n) is 2.89. The fraction of sp³-hybridized carbons (Fsp3) is 0.500. The Morgan fingerprint density at radius 1 is 1.19 bits per heavy atom. The summed E-state index contributed by atoms with van der Waals surface area (Å²) in [6.07, 6.45) is 1.69. The van der Waals surface area contributed by atoms with Crippen LogP contribution in [0.1, 0.15) is 0 Å². The van der Waals surface area contributed by atoms with Crippen LogP contribution < -0.4 is 4.74 Å². The monoisotopic (exact) mass is 353 g/mol. The first-order valence-corrected chi connectivity index (χ1v) is 6.33. The van der Waals surface area contributed by atoms with Gasteiger partial charge in [0.25, 0.3) is 0 Å². The summed E-state index contributed by atoms with van der Waals surface area (Å²) in [5.41, 5.74) is 0. The van der Waals surface area contributed by atoms with Gasteiger partial charge in [-0.15, -0.1) is 0 Å². The van der Waals surface area contributed by atoms with E-state index in [9.17, 15) is 0 Å². The molecule has 0 unspecified atom stereocenters. The van der Waals surface area contributed by atoms with Gasteiger partial charge in [0.1, 0.15) is 6.61 Å². The molecule has 0 aliphatic rings. The maximum atomic E-state index is 5.43. The minimum Gasteiger partial charge on any atom is -0.474 e. The molecular formula is C10H13Br2NO3. The van der Waals surface area contributed by atoms with Crippen LogP contribution in [0, 0.1) is 0 Å². The molecule has 0 bridgehead atoms. The van der Waals surface area contributed by atoms with E-state index in [2.05, 4.69) is 36.8 Å². The highest BCUT2D eigenvalue weighted by atomic mass is 79.9. The van der Waals surface area contributed by atoms with Crippen molar-refractivity contribution >= 4 is 31.9 Å². The van der Waals surface area contributed by atoms with Gasteiger partial charge >= 0.3 is 0 Å². The van der Waals surface area contributed by atoms with Gasteiger partial charge in [-0.1, -0.05) is 0 Å². The highest BCUT2D eigenvalue weighted by Crippen LogP contribution is 2.25. The number of pyridine rings is 1. The summed E-state index contributed by atoms with van der Waals surface area (Å²) >= 11 is 6.68. The van der Waals surface area contributed by atoms with Crippen molar-refractivity contribution in [1.82, 2.24) is 4.98 Å². The van der Waals surface area contributed by atoms with E-state index >= 15 is 0 Å². The molecule has 90 valence electrons. The van der Waals surface area contributed by atoms with Gasteiger partial charge in [0.15, 0.2) is 0 Å². The van der Waals surface area contributed by atoms with E-state index in [0.29, 0.717) is 32.3 Å². The molecule has 1 aromatic rings. The summed E-state index contributed by atoms with van der Waals surface area (Å²) in [4.78, 5) is 4.12. The van der Waals surface area contributed by atoms with Gasteiger partial charge in [0.05, 0.1) is 24.3 Å². The molecule has 1 aromatic heterocycles. The number of ether oxygens (including phenoxy) is 3. The molecule has 0 aromatic carbocycles. The van der Waals surface area contributed by atoms with E-state index in [4.69, 9.17) is 14.2 Å². The van der Waals surface area contributed by atoms with Crippen LogP contribution in [-0.2, 0) is 9.47 Å². The summed E-state index contributed by atoms with van der Waals surface area (Å²) in [7, 11) is 1.64. The minimum absolute atomic E-state index is 0.469. The van der Waals surface area contributed by atoms with E-state index in [0.717, 1.165) is 8.95 Å². The maximum Gasteiger partial charge on any atom is 0.228 e. The Hall–Kier alpha value is -0.170. The Balaban J connectivity index is 2.21. The third kappa shape index (κ3) is 5.25. The third-order valence-corrected chi connectivity index (χ3v) is 2.67. The van der Waals surface area contributed by atoms with Gasteiger partial charge in [-0.2, -0.15) is 0 Å². The standard InChI is InChI=1S/C10H13Br2NO3/c1-14-2-3-15-4-5-16-10-9(12)6-8(11)7-13-10/h6-7H,2-5H2,1H3. The van der Waals surface area contributed by atoms with E-state index in [1.165, 1.54) is 0 Å². The van der Waals surface area contributed by atoms with Crippen LogP contribution >= 0.6 is 31.9 Å². The van der Waals surface area contributed by atoms with E-state index in [1.54, 1.807) is 13.3 Å². The SMILES string of the molecule is COCCOCCOc1ncc(Br)cc1Br. The van der Waals surface area contributed by atoms with Crippen LogP contribution in [-0.4, -0.2) is 38.5 Å². The Kier molecular flexibility index (Phi) is 6.95. The molecule has 0 saturated carbocycles. The zero-order valence-corrected chi connectivity index (χ0v) is 12.1. The van der Waals surface area contributed by atoms with Gasteiger partial charge in [-0.25, -0.2) is 4.98 Å². The number of halogens is 2. The lowest BCUT2D eigenvalue weighted by atomic mass is 10.5. The molecule has 6 heteroatoms. The minimum atomic E-state index is 0.469. The van der Waals surface area contributed by atoms with Crippen molar-refractivity contribution in [2.75, 3.05) is 33.5 Å². The average Bonchev–Trinajstić information content (AvgIpc) is 2.26. The van der Waals surface area contributed by atoms with Crippen LogP contribution in [0.5, 0.6) is 5.88 Å². The van der Waals surface area contributed by atoms with E-state index in [-0.39, 0.29) is 0 Å². The first-order chi connectivity index (χ1) is 7.74. The molecule has 0 fully saturated rings. The molecule has 0 radical (unpaired) electrons. The molecule has 0 N–H and O–H groups in total. The number of hydrogen-bond donors (Lipinski definition) is 0. The van der Waals surface area contributed by atoms with Gasteiger partial charge < -0.3 is 14.2 Å². The lowest BCUT2D eigenvalue weighted by Crippen LogP contribution is -2.10. The zero-order valence-electron chi connectivity index (χ0n) is 8.91. The molecule has 0 saturated heterocycles. The molecule has 16 heavy (non-hydrogen) atoms. The summed E-state index contributed by atoms with van der Waals surface area (Å²) < 4.78 is 17.3. The fourth-order valence-corrected chi connectivity index (χ4v) is 2.05. The normalized spacial score (nSPS) is 10.4. The van der Waals surface area contributed by atoms with Crippen molar-refractivity contribution in [3.63, 3.8) is 0 Å². The molecule has 0 aliphatic carbocycles. The van der Waals surface area contributed by atoms with Crippen molar-refractivity contribution in [3.05, 3.63) is 21.2 Å². The quantitative estimate of drug-likeness (QED) is 0.706. The molecule has 0 aliphatic heterocycles. The largest absolute Gasteiger partial charge is 0.474 e. The molecule has 4 nitrogen and oxygen atoms in total. The van der Waals surface area contributed by atoms with E-state index in [1.807, 2.05) is 6.07 Å². The summed E-state index contributed by atoms with van der Waals surface area (Å²) in [5, 5.41) is 0. The molecule has 0 amide bonds. The third-order valence-electron chi connectivity index (χ3n) is 1.67. The lowest BCUT2D eigenvalue weighted by Gasteiger charge is -2.07. The molecule has 0 spiro atoms. The number of nitrogens with zero attached hydrogens (tertiary/aromatic N) is 1. The van der Waals surface area contributed by atoms with Crippen LogP contribution in [0.25, 0.3) is 0 Å². The fourth-order valence-electron chi connectivity index (χ4n) is 0.950. The van der Waals surface area contributed by atoms with Crippen LogP contribution in [0.15, 0.2) is 21.2 Å². The molecule has 1 heterocycles. The van der Waals surface area contributed by atoms with Crippen LogP contribution in [0.4, 0.5) is 0 Å². The smallest absolute Gasteiger partial charge is 0.228 e. The van der Waals surface area contributed by atoms with E-state index < -0.39 is 0 Å². The van der Waals surface area contributed by atoms with Gasteiger partial charge in [-0.3, -0.25) is 0 Å². The Morgan fingerprint density at radius 3 is 2.62 bits per heavy atom. The number of hydrogen-bond acceptors (Lipinski definition) is 4. The Bertz CT molecular complexity index is 323. The van der Waals surface area contributed by atoms with Crippen molar-refractivity contribution in [1.29, 1.82) is 0 Å². The Labute approximate surface area is 112 Å². The number of methoxy groups -OCH3 is 1. The highest BCUT2D eigenvalue weighted by Gasteiger charge is 2.02. The van der Waals surface area contributed by atoms with Crippen molar-refractivity contribution < 1.29 is 14.2 Å². The topological polar surface area (TPSA) is 40.6 Å². The zero-order chi connectivity index (χ0) is 11.8. The van der Waals surface area contributed by atoms with Gasteiger partial charge in [-0.05, 0) is 37.9 Å². The number of aromatic nitrogens is 1. The van der Waals surface area contributed by atoms with Crippen molar-refractivity contribution in [2.24, 2.45) is 0 Å². The average molecular weight is 355 g/mol. The predicted molar refractivity (Wildman–Crippen MR) is 67.8 cm³/mol. The first-order valence-electron chi connectivity index (χ1n) is 4.74. The maximum absolute atomic E-state index is 5.43. The molecular weight excluding hydrogens is 342 g/mol. The Morgan fingerprint density at radius 2 is 1.94 bits per heavy atom. The lowest BCUT2D eigenvalue weighted by molar-refractivity contribution is 0.0535. The summed E-state index contributed by atoms with van der Waals surface area (Å²) in [6, 6.07) is 1.88. The molecule has 0 atom stereocenters. The second-order valence-corrected chi connectivity index (χ2v) is 4.66. The second kappa shape index (κ2) is 8.00. The first kappa shape index (κ1) is 13.9.